The minimum atomic E-state index is -1.22. The maximum absolute atomic E-state index is 12.8. The molecule has 0 saturated carbocycles. The number of hydrogen-bond acceptors (Lipinski definition) is 4. The highest BCUT2D eigenvalue weighted by Crippen LogP contribution is 2.18. The summed E-state index contributed by atoms with van der Waals surface area (Å²) < 4.78 is 1.24. The molecular weight excluding hydrogens is 434 g/mol. The lowest BCUT2D eigenvalue weighted by molar-refractivity contribution is -0.137. The van der Waals surface area contributed by atoms with Gasteiger partial charge in [-0.05, 0) is 30.5 Å². The van der Waals surface area contributed by atoms with E-state index in [1.807, 2.05) is 31.2 Å². The number of aromatic nitrogens is 2. The molecule has 0 aliphatic rings. The zero-order valence-electron chi connectivity index (χ0n) is 17.3. The number of nitrogens with zero attached hydrogens (tertiary/aromatic N) is 2. The van der Waals surface area contributed by atoms with E-state index in [0.717, 1.165) is 11.1 Å². The zero-order valence-corrected chi connectivity index (χ0v) is 18.0. The van der Waals surface area contributed by atoms with Gasteiger partial charge in [0.1, 0.15) is 5.69 Å². The largest absolute Gasteiger partial charge is 0.481 e. The van der Waals surface area contributed by atoms with Gasteiger partial charge < -0.3 is 15.5 Å². The van der Waals surface area contributed by atoms with Crippen LogP contribution in [0.2, 0.25) is 5.02 Å². The second kappa shape index (κ2) is 10.1. The fraction of sp³-hybridized carbons (Fsp3) is 0.217. The summed E-state index contributed by atoms with van der Waals surface area (Å²) >= 11 is 6.16. The Labute approximate surface area is 189 Å². The number of halogens is 1. The van der Waals surface area contributed by atoms with E-state index in [9.17, 15) is 24.6 Å². The van der Waals surface area contributed by atoms with Crippen molar-refractivity contribution in [2.45, 2.75) is 32.4 Å². The van der Waals surface area contributed by atoms with Crippen molar-refractivity contribution in [1.82, 2.24) is 15.1 Å². The van der Waals surface area contributed by atoms with Crippen LogP contribution in [0, 0.1) is 6.92 Å². The van der Waals surface area contributed by atoms with Crippen molar-refractivity contribution in [3.8, 4) is 0 Å². The van der Waals surface area contributed by atoms with Crippen molar-refractivity contribution >= 4 is 29.4 Å². The number of carboxylic acids is 2. The summed E-state index contributed by atoms with van der Waals surface area (Å²) in [4.78, 5) is 35.8. The molecule has 1 aromatic heterocycles. The van der Waals surface area contributed by atoms with E-state index < -0.39 is 23.9 Å². The van der Waals surface area contributed by atoms with Crippen LogP contribution in [0.5, 0.6) is 0 Å². The van der Waals surface area contributed by atoms with Crippen molar-refractivity contribution < 1.29 is 24.6 Å². The van der Waals surface area contributed by atoms with Crippen LogP contribution < -0.4 is 5.32 Å². The third kappa shape index (κ3) is 5.95. The number of hydrogen-bond donors (Lipinski definition) is 3. The Morgan fingerprint density at radius 3 is 2.41 bits per heavy atom. The van der Waals surface area contributed by atoms with E-state index in [-0.39, 0.29) is 30.8 Å². The van der Waals surface area contributed by atoms with Crippen molar-refractivity contribution in [2.24, 2.45) is 0 Å². The smallest absolute Gasteiger partial charge is 0.354 e. The summed E-state index contributed by atoms with van der Waals surface area (Å²) in [5.41, 5.74) is 2.34. The molecule has 2 aromatic carbocycles. The van der Waals surface area contributed by atoms with Crippen molar-refractivity contribution in [1.29, 1.82) is 0 Å². The van der Waals surface area contributed by atoms with Crippen LogP contribution in [-0.4, -0.2) is 43.9 Å². The van der Waals surface area contributed by atoms with Gasteiger partial charge in [-0.15, -0.1) is 0 Å². The summed E-state index contributed by atoms with van der Waals surface area (Å²) in [6.07, 6.45) is -0.125. The molecule has 3 N–H and O–H groups in total. The number of aryl methyl sites for hydroxylation is 1. The first-order valence-corrected chi connectivity index (χ1v) is 10.2. The lowest BCUT2D eigenvalue weighted by Crippen LogP contribution is -2.38. The summed E-state index contributed by atoms with van der Waals surface area (Å²) in [5, 5.41) is 26.0. The second-order valence-electron chi connectivity index (χ2n) is 7.43. The maximum Gasteiger partial charge on any atom is 0.354 e. The third-order valence-corrected chi connectivity index (χ3v) is 5.23. The van der Waals surface area contributed by atoms with Crippen LogP contribution in [0.1, 0.15) is 44.1 Å². The molecule has 8 nitrogen and oxygen atoms in total. The average Bonchev–Trinajstić information content (AvgIpc) is 3.15. The molecule has 0 unspecified atom stereocenters. The molecule has 166 valence electrons. The van der Waals surface area contributed by atoms with Gasteiger partial charge in [0.25, 0.3) is 5.91 Å². The maximum atomic E-state index is 12.8. The SMILES string of the molecule is Cc1ccc(Cn2nc(C(=O)N[C@@H](CC(=O)O)Cc3ccccc3Cl)cc2C(=O)O)cc1. The molecule has 3 aromatic rings. The molecule has 0 bridgehead atoms. The van der Waals surface area contributed by atoms with Gasteiger partial charge in [-0.25, -0.2) is 4.79 Å². The van der Waals surface area contributed by atoms with E-state index in [0.29, 0.717) is 10.6 Å². The molecule has 0 spiro atoms. The van der Waals surface area contributed by atoms with Crippen molar-refractivity contribution in [2.75, 3.05) is 0 Å². The molecular formula is C23H22ClN3O5. The average molecular weight is 456 g/mol. The molecule has 32 heavy (non-hydrogen) atoms. The number of aliphatic carboxylic acids is 1. The fourth-order valence-corrected chi connectivity index (χ4v) is 3.47. The van der Waals surface area contributed by atoms with Gasteiger partial charge in [-0.2, -0.15) is 5.10 Å². The minimum absolute atomic E-state index is 0.107. The van der Waals surface area contributed by atoms with E-state index in [4.69, 9.17) is 11.6 Å². The first-order valence-electron chi connectivity index (χ1n) is 9.85. The molecule has 0 saturated heterocycles. The Bertz CT molecular complexity index is 1140. The Balaban J connectivity index is 1.81. The van der Waals surface area contributed by atoms with E-state index in [1.165, 1.54) is 10.7 Å². The lowest BCUT2D eigenvalue weighted by atomic mass is 10.0. The quantitative estimate of drug-likeness (QED) is 0.454. The number of aromatic carboxylic acids is 1. The molecule has 1 atom stereocenters. The predicted molar refractivity (Wildman–Crippen MR) is 118 cm³/mol. The van der Waals surface area contributed by atoms with Gasteiger partial charge in [-0.3, -0.25) is 14.3 Å². The van der Waals surface area contributed by atoms with Crippen LogP contribution in [-0.2, 0) is 17.8 Å². The fourth-order valence-electron chi connectivity index (χ4n) is 3.26. The first kappa shape index (κ1) is 23.0. The van der Waals surface area contributed by atoms with Gasteiger partial charge in [0, 0.05) is 17.1 Å². The molecule has 0 aliphatic heterocycles. The topological polar surface area (TPSA) is 122 Å². The molecule has 0 radical (unpaired) electrons. The van der Waals surface area contributed by atoms with Crippen molar-refractivity contribution in [3.63, 3.8) is 0 Å². The third-order valence-electron chi connectivity index (χ3n) is 4.87. The molecule has 0 fully saturated rings. The Hall–Kier alpha value is -3.65. The van der Waals surface area contributed by atoms with Gasteiger partial charge >= 0.3 is 11.9 Å². The Kier molecular flexibility index (Phi) is 7.27. The predicted octanol–water partition coefficient (Wildman–Crippen LogP) is 3.41. The number of amides is 1. The minimum Gasteiger partial charge on any atom is -0.481 e. The number of carbonyl (C=O) groups excluding carboxylic acids is 1. The number of nitrogens with one attached hydrogen (secondary N) is 1. The number of carbonyl (C=O) groups is 3. The zero-order chi connectivity index (χ0) is 23.3. The summed E-state index contributed by atoms with van der Waals surface area (Å²) in [6.45, 7) is 2.12. The van der Waals surface area contributed by atoms with Gasteiger partial charge in [-0.1, -0.05) is 59.6 Å². The first-order chi connectivity index (χ1) is 15.2. The van der Waals surface area contributed by atoms with Gasteiger partial charge in [0.15, 0.2) is 5.69 Å². The molecule has 9 heteroatoms. The van der Waals surface area contributed by atoms with Crippen molar-refractivity contribution in [3.05, 3.63) is 87.7 Å². The number of carboxylic acid groups (broad SMARTS) is 2. The summed E-state index contributed by atoms with van der Waals surface area (Å²) in [7, 11) is 0. The standard InChI is InChI=1S/C23H22ClN3O5/c1-14-6-8-15(9-7-14)13-27-20(23(31)32)12-19(26-27)22(30)25-17(11-21(28)29)10-16-4-2-3-5-18(16)24/h2-9,12,17H,10-11,13H2,1H3,(H,25,30)(H,28,29)(H,31,32)/t17-/m1/s1. The highest BCUT2D eigenvalue weighted by atomic mass is 35.5. The molecule has 3 rings (SSSR count). The van der Waals surface area contributed by atoms with E-state index in [2.05, 4.69) is 10.4 Å². The monoisotopic (exact) mass is 455 g/mol. The van der Waals surface area contributed by atoms with Gasteiger partial charge in [0.05, 0.1) is 13.0 Å². The highest BCUT2D eigenvalue weighted by Gasteiger charge is 2.23. The number of rotatable bonds is 9. The van der Waals surface area contributed by atoms with Crippen LogP contribution in [0.25, 0.3) is 0 Å². The van der Waals surface area contributed by atoms with Crippen LogP contribution >= 0.6 is 11.6 Å². The lowest BCUT2D eigenvalue weighted by Gasteiger charge is -2.17. The number of benzene rings is 2. The highest BCUT2D eigenvalue weighted by molar-refractivity contribution is 6.31. The van der Waals surface area contributed by atoms with E-state index in [1.54, 1.807) is 24.3 Å². The van der Waals surface area contributed by atoms with Crippen LogP contribution in [0.3, 0.4) is 0 Å². The normalized spacial score (nSPS) is 11.7. The molecule has 1 amide bonds. The Morgan fingerprint density at radius 1 is 1.09 bits per heavy atom. The summed E-state index contributed by atoms with van der Waals surface area (Å²) in [6, 6.07) is 14.9. The molecule has 0 aliphatic carbocycles. The van der Waals surface area contributed by atoms with Crippen LogP contribution in [0.15, 0.2) is 54.6 Å². The molecule has 1 heterocycles. The summed E-state index contributed by atoms with van der Waals surface area (Å²) in [5.74, 6) is -2.96. The second-order valence-corrected chi connectivity index (χ2v) is 7.83. The Morgan fingerprint density at radius 2 is 1.78 bits per heavy atom. The van der Waals surface area contributed by atoms with Crippen LogP contribution in [0.4, 0.5) is 0 Å². The van der Waals surface area contributed by atoms with Gasteiger partial charge in [0.2, 0.25) is 0 Å². The van der Waals surface area contributed by atoms with E-state index >= 15 is 0 Å².